The Labute approximate surface area is 105 Å². The van der Waals surface area contributed by atoms with Crippen LogP contribution in [0.3, 0.4) is 0 Å². The lowest BCUT2D eigenvalue weighted by Crippen LogP contribution is -2.14. The van der Waals surface area contributed by atoms with Crippen LogP contribution in [0.15, 0.2) is 42.5 Å². The van der Waals surface area contributed by atoms with Crippen LogP contribution in [0.4, 0.5) is 8.78 Å². The maximum Gasteiger partial charge on any atom is 0.126 e. The number of nitrogens with two attached hydrogens (primary N) is 1. The molecule has 0 aliphatic carbocycles. The van der Waals surface area contributed by atoms with Crippen molar-refractivity contribution in [1.82, 2.24) is 0 Å². The van der Waals surface area contributed by atoms with E-state index in [-0.39, 0.29) is 0 Å². The molecule has 0 radical (unpaired) electrons. The summed E-state index contributed by atoms with van der Waals surface area (Å²) in [4.78, 5) is 0. The highest BCUT2D eigenvalue weighted by atomic mass is 19.1. The second kappa shape index (κ2) is 5.27. The van der Waals surface area contributed by atoms with Crippen LogP contribution >= 0.6 is 0 Å². The van der Waals surface area contributed by atoms with E-state index < -0.39 is 17.7 Å². The van der Waals surface area contributed by atoms with Crippen molar-refractivity contribution in [2.45, 2.75) is 19.4 Å². The Morgan fingerprint density at radius 3 is 2.28 bits per heavy atom. The van der Waals surface area contributed by atoms with Crippen molar-refractivity contribution in [3.63, 3.8) is 0 Å². The summed E-state index contributed by atoms with van der Waals surface area (Å²) in [5.41, 5.74) is 8.55. The Bertz CT molecular complexity index is 532. The normalized spacial score (nSPS) is 12.4. The third-order valence-corrected chi connectivity index (χ3v) is 3.02. The monoisotopic (exact) mass is 247 g/mol. The van der Waals surface area contributed by atoms with Gasteiger partial charge >= 0.3 is 0 Å². The van der Waals surface area contributed by atoms with Crippen molar-refractivity contribution in [1.29, 1.82) is 0 Å². The maximum absolute atomic E-state index is 13.2. The fourth-order valence-corrected chi connectivity index (χ4v) is 2.09. The summed E-state index contributed by atoms with van der Waals surface area (Å²) in [6.07, 6.45) is 0.835. The largest absolute Gasteiger partial charge is 0.320 e. The van der Waals surface area contributed by atoms with Crippen molar-refractivity contribution in [2.24, 2.45) is 5.73 Å². The van der Waals surface area contributed by atoms with Gasteiger partial charge in [0.05, 0.1) is 6.04 Å². The lowest BCUT2D eigenvalue weighted by molar-refractivity contribution is 0.577. The van der Waals surface area contributed by atoms with Crippen LogP contribution < -0.4 is 5.73 Å². The molecule has 0 saturated heterocycles. The molecule has 1 unspecified atom stereocenters. The Balaban J connectivity index is 2.44. The fourth-order valence-electron chi connectivity index (χ4n) is 2.09. The van der Waals surface area contributed by atoms with Gasteiger partial charge < -0.3 is 5.73 Å². The Kier molecular flexibility index (Phi) is 3.72. The van der Waals surface area contributed by atoms with E-state index in [4.69, 9.17) is 5.73 Å². The van der Waals surface area contributed by atoms with Crippen LogP contribution in [0.5, 0.6) is 0 Å². The second-order valence-corrected chi connectivity index (χ2v) is 4.23. The standard InChI is InChI=1S/C15H15F2N/c1-2-10-5-3-4-6-14(10)15(18)11-7-12(16)9-13(17)8-11/h3-9,15H,2,18H2,1H3. The number of benzene rings is 2. The molecule has 0 fully saturated rings. The average molecular weight is 247 g/mol. The van der Waals surface area contributed by atoms with Gasteiger partial charge in [0.2, 0.25) is 0 Å². The highest BCUT2D eigenvalue weighted by Gasteiger charge is 2.13. The zero-order valence-electron chi connectivity index (χ0n) is 10.2. The molecule has 0 heterocycles. The first-order valence-electron chi connectivity index (χ1n) is 5.91. The first-order valence-corrected chi connectivity index (χ1v) is 5.91. The summed E-state index contributed by atoms with van der Waals surface area (Å²) in [6.45, 7) is 2.03. The van der Waals surface area contributed by atoms with E-state index in [1.165, 1.54) is 12.1 Å². The number of aryl methyl sites for hydroxylation is 1. The third-order valence-electron chi connectivity index (χ3n) is 3.02. The fraction of sp³-hybridized carbons (Fsp3) is 0.200. The van der Waals surface area contributed by atoms with Crippen molar-refractivity contribution in [3.05, 3.63) is 70.8 Å². The Morgan fingerprint density at radius 2 is 1.67 bits per heavy atom. The van der Waals surface area contributed by atoms with Gasteiger partial charge in [-0.25, -0.2) is 8.78 Å². The van der Waals surface area contributed by atoms with Gasteiger partial charge in [-0.2, -0.15) is 0 Å². The number of halogens is 2. The minimum absolute atomic E-state index is 0.452. The van der Waals surface area contributed by atoms with Gasteiger partial charge in [0, 0.05) is 6.07 Å². The molecule has 0 aromatic heterocycles. The van der Waals surface area contributed by atoms with Gasteiger partial charge in [0.25, 0.3) is 0 Å². The molecular weight excluding hydrogens is 232 g/mol. The minimum atomic E-state index is -0.602. The zero-order chi connectivity index (χ0) is 13.1. The number of hydrogen-bond donors (Lipinski definition) is 1. The summed E-state index contributed by atoms with van der Waals surface area (Å²) in [6, 6.07) is 10.6. The molecule has 2 rings (SSSR count). The summed E-state index contributed by atoms with van der Waals surface area (Å²) >= 11 is 0. The molecule has 18 heavy (non-hydrogen) atoms. The van der Waals surface area contributed by atoms with Gasteiger partial charge in [0.15, 0.2) is 0 Å². The van der Waals surface area contributed by atoms with Crippen LogP contribution in [-0.2, 0) is 6.42 Å². The number of rotatable bonds is 3. The predicted molar refractivity (Wildman–Crippen MR) is 68.2 cm³/mol. The molecule has 0 aliphatic rings. The Hall–Kier alpha value is -1.74. The first kappa shape index (κ1) is 12.7. The van der Waals surface area contributed by atoms with Crippen LogP contribution in [0.1, 0.15) is 29.7 Å². The molecular formula is C15H15F2N. The first-order chi connectivity index (χ1) is 8.61. The van der Waals surface area contributed by atoms with Gasteiger partial charge in [0.1, 0.15) is 11.6 Å². The third kappa shape index (κ3) is 2.57. The number of hydrogen-bond acceptors (Lipinski definition) is 1. The lowest BCUT2D eigenvalue weighted by atomic mass is 9.94. The van der Waals surface area contributed by atoms with E-state index in [1.807, 2.05) is 31.2 Å². The summed E-state index contributed by atoms with van der Waals surface area (Å²) in [5, 5.41) is 0. The van der Waals surface area contributed by atoms with Gasteiger partial charge in [-0.15, -0.1) is 0 Å². The molecule has 1 atom stereocenters. The molecule has 0 spiro atoms. The molecule has 3 heteroatoms. The van der Waals surface area contributed by atoms with Crippen LogP contribution in [0.2, 0.25) is 0 Å². The second-order valence-electron chi connectivity index (χ2n) is 4.23. The highest BCUT2D eigenvalue weighted by Crippen LogP contribution is 2.24. The molecule has 2 N–H and O–H groups in total. The quantitative estimate of drug-likeness (QED) is 0.881. The van der Waals surface area contributed by atoms with Crippen molar-refractivity contribution in [3.8, 4) is 0 Å². The SMILES string of the molecule is CCc1ccccc1C(N)c1cc(F)cc(F)c1. The predicted octanol–water partition coefficient (Wildman–Crippen LogP) is 3.58. The molecule has 94 valence electrons. The van der Waals surface area contributed by atoms with E-state index in [9.17, 15) is 8.78 Å². The summed E-state index contributed by atoms with van der Waals surface area (Å²) < 4.78 is 26.4. The summed E-state index contributed by atoms with van der Waals surface area (Å²) in [7, 11) is 0. The minimum Gasteiger partial charge on any atom is -0.320 e. The van der Waals surface area contributed by atoms with Gasteiger partial charge in [-0.05, 0) is 35.2 Å². The average Bonchev–Trinajstić information content (AvgIpc) is 2.36. The zero-order valence-corrected chi connectivity index (χ0v) is 10.2. The van der Waals surface area contributed by atoms with Crippen LogP contribution in [0.25, 0.3) is 0 Å². The Morgan fingerprint density at radius 1 is 1.06 bits per heavy atom. The van der Waals surface area contributed by atoms with Crippen molar-refractivity contribution < 1.29 is 8.78 Å². The van der Waals surface area contributed by atoms with Crippen molar-refractivity contribution in [2.75, 3.05) is 0 Å². The maximum atomic E-state index is 13.2. The molecule has 2 aromatic carbocycles. The molecule has 0 amide bonds. The lowest BCUT2D eigenvalue weighted by Gasteiger charge is -2.16. The van der Waals surface area contributed by atoms with E-state index in [0.29, 0.717) is 5.56 Å². The molecule has 1 nitrogen and oxygen atoms in total. The smallest absolute Gasteiger partial charge is 0.126 e. The molecule has 0 saturated carbocycles. The van der Waals surface area contributed by atoms with E-state index in [1.54, 1.807) is 0 Å². The molecule has 0 bridgehead atoms. The van der Waals surface area contributed by atoms with Gasteiger partial charge in [-0.3, -0.25) is 0 Å². The van der Waals surface area contributed by atoms with E-state index >= 15 is 0 Å². The van der Waals surface area contributed by atoms with E-state index in [0.717, 1.165) is 23.6 Å². The highest BCUT2D eigenvalue weighted by molar-refractivity contribution is 5.37. The summed E-state index contributed by atoms with van der Waals surface area (Å²) in [5.74, 6) is -1.20. The molecule has 0 aliphatic heterocycles. The van der Waals surface area contributed by atoms with Gasteiger partial charge in [-0.1, -0.05) is 31.2 Å². The van der Waals surface area contributed by atoms with Crippen molar-refractivity contribution >= 4 is 0 Å². The van der Waals surface area contributed by atoms with E-state index in [2.05, 4.69) is 0 Å². The van der Waals surface area contributed by atoms with Crippen LogP contribution in [-0.4, -0.2) is 0 Å². The molecule has 2 aromatic rings. The van der Waals surface area contributed by atoms with Crippen LogP contribution in [0, 0.1) is 11.6 Å². The topological polar surface area (TPSA) is 26.0 Å².